The Morgan fingerprint density at radius 3 is 2.38 bits per heavy atom. The van der Waals surface area contributed by atoms with E-state index in [2.05, 4.69) is 0 Å². The van der Waals surface area contributed by atoms with E-state index in [-0.39, 0.29) is 11.3 Å². The summed E-state index contributed by atoms with van der Waals surface area (Å²) in [6.45, 7) is 0.577. The normalized spacial score (nSPS) is 17.9. The highest BCUT2D eigenvalue weighted by Gasteiger charge is 2.31. The van der Waals surface area contributed by atoms with Gasteiger partial charge in [0, 0.05) is 17.7 Å². The van der Waals surface area contributed by atoms with Crippen molar-refractivity contribution in [2.24, 2.45) is 0 Å². The summed E-state index contributed by atoms with van der Waals surface area (Å²) in [5.74, 6) is -0.557. The number of Topliss-reactive ketones (excluding diaryl/α,β-unsaturated/α-hetero) is 1. The number of ketones is 1. The van der Waals surface area contributed by atoms with Crippen molar-refractivity contribution in [2.45, 2.75) is 25.1 Å². The molecule has 1 fully saturated rings. The number of alkyl halides is 3. The van der Waals surface area contributed by atoms with Crippen LogP contribution < -0.4 is 0 Å². The number of aromatic hydroxyl groups is 1. The molecule has 1 N–H and O–H groups in total. The second-order valence-electron chi connectivity index (χ2n) is 5.67. The lowest BCUT2D eigenvalue weighted by Crippen LogP contribution is -2.19. The zero-order valence-electron chi connectivity index (χ0n) is 12.6. The maximum absolute atomic E-state index is 12.6. The number of halogens is 3. The van der Waals surface area contributed by atoms with E-state index in [0.717, 1.165) is 12.5 Å². The van der Waals surface area contributed by atoms with E-state index in [9.17, 15) is 23.1 Å². The second kappa shape index (κ2) is 6.28. The fourth-order valence-electron chi connectivity index (χ4n) is 2.74. The summed E-state index contributed by atoms with van der Waals surface area (Å²) in [6.07, 6.45) is -3.38. The summed E-state index contributed by atoms with van der Waals surface area (Å²) in [7, 11) is 0. The van der Waals surface area contributed by atoms with Crippen molar-refractivity contribution in [3.8, 4) is 16.9 Å². The van der Waals surface area contributed by atoms with E-state index in [1.807, 2.05) is 0 Å². The van der Waals surface area contributed by atoms with E-state index in [4.69, 9.17) is 4.74 Å². The molecular formula is C18H15F3O3. The molecule has 3 rings (SSSR count). The maximum atomic E-state index is 12.6. The molecule has 0 bridgehead atoms. The highest BCUT2D eigenvalue weighted by atomic mass is 19.4. The summed E-state index contributed by atoms with van der Waals surface area (Å²) in [4.78, 5) is 12.2. The van der Waals surface area contributed by atoms with Crippen LogP contribution in [0.1, 0.15) is 28.8 Å². The fraction of sp³-hybridized carbons (Fsp3) is 0.278. The SMILES string of the molecule is O=C(c1ccc(-c2ccc(C(F)(F)F)cc2O)cc1)C1CCCO1. The average Bonchev–Trinajstić information content (AvgIpc) is 3.08. The number of hydrogen-bond donors (Lipinski definition) is 1. The Bertz CT molecular complexity index is 745. The molecule has 2 aromatic carbocycles. The van der Waals surface area contributed by atoms with E-state index >= 15 is 0 Å². The minimum Gasteiger partial charge on any atom is -0.507 e. The van der Waals surface area contributed by atoms with Gasteiger partial charge in [0.05, 0.1) is 5.56 Å². The van der Waals surface area contributed by atoms with Crippen molar-refractivity contribution in [2.75, 3.05) is 6.61 Å². The Morgan fingerprint density at radius 1 is 1.12 bits per heavy atom. The van der Waals surface area contributed by atoms with Crippen LogP contribution in [0.5, 0.6) is 5.75 Å². The molecule has 0 saturated carbocycles. The summed E-state index contributed by atoms with van der Waals surface area (Å²) in [5.41, 5.74) is 0.384. The van der Waals surface area contributed by atoms with Crippen LogP contribution in [-0.4, -0.2) is 23.6 Å². The summed E-state index contributed by atoms with van der Waals surface area (Å²) < 4.78 is 43.2. The van der Waals surface area contributed by atoms with Crippen LogP contribution in [0.3, 0.4) is 0 Å². The molecule has 2 aromatic rings. The van der Waals surface area contributed by atoms with Crippen molar-refractivity contribution in [1.82, 2.24) is 0 Å². The fourth-order valence-corrected chi connectivity index (χ4v) is 2.74. The van der Waals surface area contributed by atoms with E-state index in [0.29, 0.717) is 30.2 Å². The van der Waals surface area contributed by atoms with Gasteiger partial charge in [0.25, 0.3) is 0 Å². The Labute approximate surface area is 136 Å². The molecule has 1 unspecified atom stereocenters. The van der Waals surface area contributed by atoms with Gasteiger partial charge in [0.15, 0.2) is 5.78 Å². The van der Waals surface area contributed by atoms with Gasteiger partial charge >= 0.3 is 6.18 Å². The van der Waals surface area contributed by atoms with Gasteiger partial charge in [-0.1, -0.05) is 30.3 Å². The number of ether oxygens (including phenoxy) is 1. The topological polar surface area (TPSA) is 46.5 Å². The van der Waals surface area contributed by atoms with Crippen molar-refractivity contribution in [1.29, 1.82) is 0 Å². The van der Waals surface area contributed by atoms with Crippen LogP contribution in [0.25, 0.3) is 11.1 Å². The van der Waals surface area contributed by atoms with Gasteiger partial charge in [0.1, 0.15) is 11.9 Å². The number of phenols is 1. The third-order valence-electron chi connectivity index (χ3n) is 4.03. The molecule has 6 heteroatoms. The Morgan fingerprint density at radius 2 is 1.83 bits per heavy atom. The van der Waals surface area contributed by atoms with Gasteiger partial charge in [0.2, 0.25) is 0 Å². The van der Waals surface area contributed by atoms with Gasteiger partial charge in [-0.05, 0) is 30.5 Å². The summed E-state index contributed by atoms with van der Waals surface area (Å²) in [5, 5.41) is 9.87. The standard InChI is InChI=1S/C18H15F3O3/c19-18(20,21)13-7-8-14(15(22)10-13)11-3-5-12(6-4-11)17(23)16-2-1-9-24-16/h3-8,10,16,22H,1-2,9H2. The predicted molar refractivity (Wildman–Crippen MR) is 81.8 cm³/mol. The second-order valence-corrected chi connectivity index (χ2v) is 5.67. The minimum atomic E-state index is -4.51. The Balaban J connectivity index is 1.84. The van der Waals surface area contributed by atoms with Crippen LogP contribution in [0, 0.1) is 0 Å². The van der Waals surface area contributed by atoms with Crippen LogP contribution in [0.15, 0.2) is 42.5 Å². The highest BCUT2D eigenvalue weighted by Crippen LogP contribution is 2.36. The molecular weight excluding hydrogens is 321 g/mol. The van der Waals surface area contributed by atoms with Crippen molar-refractivity contribution >= 4 is 5.78 Å². The monoisotopic (exact) mass is 336 g/mol. The highest BCUT2D eigenvalue weighted by molar-refractivity contribution is 6.00. The van der Waals surface area contributed by atoms with Gasteiger partial charge in [-0.3, -0.25) is 4.79 Å². The average molecular weight is 336 g/mol. The lowest BCUT2D eigenvalue weighted by molar-refractivity contribution is -0.137. The number of rotatable bonds is 3. The number of carbonyl (C=O) groups excluding carboxylic acids is 1. The molecule has 1 heterocycles. The first kappa shape index (κ1) is 16.5. The molecule has 3 nitrogen and oxygen atoms in total. The Kier molecular flexibility index (Phi) is 4.32. The van der Waals surface area contributed by atoms with Crippen molar-refractivity contribution < 1.29 is 27.8 Å². The molecule has 126 valence electrons. The molecule has 1 aliphatic heterocycles. The molecule has 0 radical (unpaired) electrons. The van der Waals surface area contributed by atoms with Gasteiger partial charge in [-0.15, -0.1) is 0 Å². The first-order valence-corrected chi connectivity index (χ1v) is 7.53. The third-order valence-corrected chi connectivity index (χ3v) is 4.03. The van der Waals surface area contributed by atoms with Crippen LogP contribution >= 0.6 is 0 Å². The number of carbonyl (C=O) groups is 1. The van der Waals surface area contributed by atoms with Crippen LogP contribution in [0.4, 0.5) is 13.2 Å². The lowest BCUT2D eigenvalue weighted by Gasteiger charge is -2.11. The van der Waals surface area contributed by atoms with E-state index in [1.165, 1.54) is 6.07 Å². The number of phenolic OH excluding ortho intramolecular Hbond substituents is 1. The summed E-state index contributed by atoms with van der Waals surface area (Å²) >= 11 is 0. The smallest absolute Gasteiger partial charge is 0.416 e. The molecule has 0 aromatic heterocycles. The quantitative estimate of drug-likeness (QED) is 0.843. The molecule has 0 aliphatic carbocycles. The number of benzene rings is 2. The van der Waals surface area contributed by atoms with Gasteiger partial charge in [-0.2, -0.15) is 13.2 Å². The summed E-state index contributed by atoms with van der Waals surface area (Å²) in [6, 6.07) is 9.22. The van der Waals surface area contributed by atoms with E-state index in [1.54, 1.807) is 24.3 Å². The lowest BCUT2D eigenvalue weighted by atomic mass is 9.98. The Hall–Kier alpha value is -2.34. The molecule has 1 aliphatic rings. The first-order chi connectivity index (χ1) is 11.4. The van der Waals surface area contributed by atoms with Gasteiger partial charge < -0.3 is 9.84 Å². The van der Waals surface area contributed by atoms with E-state index < -0.39 is 23.6 Å². The van der Waals surface area contributed by atoms with Crippen molar-refractivity contribution in [3.63, 3.8) is 0 Å². The molecule has 24 heavy (non-hydrogen) atoms. The zero-order chi connectivity index (χ0) is 17.3. The first-order valence-electron chi connectivity index (χ1n) is 7.53. The maximum Gasteiger partial charge on any atom is 0.416 e. The predicted octanol–water partition coefficient (Wildman–Crippen LogP) is 4.44. The van der Waals surface area contributed by atoms with Crippen LogP contribution in [0.2, 0.25) is 0 Å². The largest absolute Gasteiger partial charge is 0.507 e. The number of hydrogen-bond acceptors (Lipinski definition) is 3. The van der Waals surface area contributed by atoms with Crippen LogP contribution in [-0.2, 0) is 10.9 Å². The van der Waals surface area contributed by atoms with Crippen molar-refractivity contribution in [3.05, 3.63) is 53.6 Å². The molecule has 0 spiro atoms. The molecule has 0 amide bonds. The molecule has 1 atom stereocenters. The zero-order valence-corrected chi connectivity index (χ0v) is 12.6. The molecule has 1 saturated heterocycles. The third kappa shape index (κ3) is 3.28. The van der Waals surface area contributed by atoms with Gasteiger partial charge in [-0.25, -0.2) is 0 Å². The minimum absolute atomic E-state index is 0.101.